The predicted molar refractivity (Wildman–Crippen MR) is 141 cm³/mol. The van der Waals surface area contributed by atoms with E-state index in [1.165, 1.54) is 35.6 Å². The Kier molecular flexibility index (Phi) is 7.56. The van der Waals surface area contributed by atoms with Gasteiger partial charge in [0.25, 0.3) is 5.91 Å². The fourth-order valence-electron chi connectivity index (χ4n) is 3.38. The highest BCUT2D eigenvalue weighted by atomic mass is 32.2. The van der Waals surface area contributed by atoms with Crippen molar-refractivity contribution in [3.8, 4) is 22.4 Å². The van der Waals surface area contributed by atoms with Gasteiger partial charge in [-0.25, -0.2) is 13.4 Å². The van der Waals surface area contributed by atoms with Crippen LogP contribution in [0.25, 0.3) is 22.4 Å². The Balaban J connectivity index is 1.37. The standard InChI is InChI=1S/C26H24N4O4S2/c1-17(2)36(33,34)22-8-4-7-21(14-22)25(32)28-15-24(31)30-26-29-23(16-35-26)20-6-3-5-19(13-20)18-9-11-27-12-10-18/h3-14,16-17H,15H2,1-2H3,(H,28,32)(H,29,30,31). The van der Waals surface area contributed by atoms with Gasteiger partial charge in [-0.05, 0) is 61.4 Å². The first-order valence-corrected chi connectivity index (χ1v) is 13.5. The van der Waals surface area contributed by atoms with Crippen LogP contribution in [0.3, 0.4) is 0 Å². The molecule has 0 fully saturated rings. The summed E-state index contributed by atoms with van der Waals surface area (Å²) in [5.41, 5.74) is 3.86. The number of carbonyl (C=O) groups is 2. The molecule has 0 aliphatic rings. The Morgan fingerprint density at radius 1 is 0.944 bits per heavy atom. The zero-order valence-electron chi connectivity index (χ0n) is 19.6. The molecule has 36 heavy (non-hydrogen) atoms. The van der Waals surface area contributed by atoms with Crippen LogP contribution < -0.4 is 10.6 Å². The summed E-state index contributed by atoms with van der Waals surface area (Å²) in [5, 5.41) is 6.85. The van der Waals surface area contributed by atoms with Crippen molar-refractivity contribution >= 4 is 38.1 Å². The number of anilines is 1. The zero-order valence-corrected chi connectivity index (χ0v) is 21.3. The van der Waals surface area contributed by atoms with E-state index in [0.717, 1.165) is 22.4 Å². The molecule has 8 nitrogen and oxygen atoms in total. The van der Waals surface area contributed by atoms with Crippen LogP contribution in [0.5, 0.6) is 0 Å². The van der Waals surface area contributed by atoms with Crippen molar-refractivity contribution in [3.05, 3.63) is 84.0 Å². The lowest BCUT2D eigenvalue weighted by Crippen LogP contribution is -2.33. The van der Waals surface area contributed by atoms with Gasteiger partial charge in [-0.15, -0.1) is 11.3 Å². The quantitative estimate of drug-likeness (QED) is 0.355. The second kappa shape index (κ2) is 10.8. The summed E-state index contributed by atoms with van der Waals surface area (Å²) >= 11 is 1.28. The number of rotatable bonds is 8. The molecular formula is C26H24N4O4S2. The van der Waals surface area contributed by atoms with Crippen molar-refractivity contribution in [2.45, 2.75) is 24.0 Å². The second-order valence-corrected chi connectivity index (χ2v) is 11.6. The molecule has 0 aliphatic carbocycles. The Labute approximate surface area is 213 Å². The minimum Gasteiger partial charge on any atom is -0.343 e. The van der Waals surface area contributed by atoms with Crippen molar-refractivity contribution in [1.82, 2.24) is 15.3 Å². The average Bonchev–Trinajstić information content (AvgIpc) is 3.36. The van der Waals surface area contributed by atoms with Crippen LogP contribution in [0, 0.1) is 0 Å². The number of sulfone groups is 1. The van der Waals surface area contributed by atoms with Crippen LogP contribution in [0.2, 0.25) is 0 Å². The molecule has 0 spiro atoms. The van der Waals surface area contributed by atoms with E-state index in [4.69, 9.17) is 0 Å². The van der Waals surface area contributed by atoms with E-state index in [1.807, 2.05) is 41.8 Å². The van der Waals surface area contributed by atoms with E-state index >= 15 is 0 Å². The molecule has 2 heterocycles. The minimum absolute atomic E-state index is 0.0675. The highest BCUT2D eigenvalue weighted by Crippen LogP contribution is 2.28. The van der Waals surface area contributed by atoms with E-state index in [-0.39, 0.29) is 17.0 Å². The van der Waals surface area contributed by atoms with Crippen LogP contribution in [0.15, 0.2) is 83.3 Å². The highest BCUT2D eigenvalue weighted by Gasteiger charge is 2.20. The minimum atomic E-state index is -3.51. The van der Waals surface area contributed by atoms with Gasteiger partial charge in [0, 0.05) is 28.9 Å². The van der Waals surface area contributed by atoms with Crippen LogP contribution in [-0.2, 0) is 14.6 Å². The number of benzene rings is 2. The topological polar surface area (TPSA) is 118 Å². The molecule has 0 aliphatic heterocycles. The summed E-state index contributed by atoms with van der Waals surface area (Å²) in [6, 6.07) is 17.5. The van der Waals surface area contributed by atoms with Gasteiger partial charge in [-0.2, -0.15) is 0 Å². The van der Waals surface area contributed by atoms with Crippen LogP contribution in [-0.4, -0.2) is 42.0 Å². The van der Waals surface area contributed by atoms with Gasteiger partial charge in [0.1, 0.15) is 0 Å². The first-order chi connectivity index (χ1) is 17.2. The summed E-state index contributed by atoms with van der Waals surface area (Å²) < 4.78 is 24.7. The first kappa shape index (κ1) is 25.2. The SMILES string of the molecule is CC(C)S(=O)(=O)c1cccc(C(=O)NCC(=O)Nc2nc(-c3cccc(-c4ccncc4)c3)cs2)c1. The lowest BCUT2D eigenvalue weighted by Gasteiger charge is -2.10. The van der Waals surface area contributed by atoms with Gasteiger partial charge in [0.05, 0.1) is 22.4 Å². The molecule has 0 saturated carbocycles. The highest BCUT2D eigenvalue weighted by molar-refractivity contribution is 7.92. The van der Waals surface area contributed by atoms with E-state index in [1.54, 1.807) is 26.2 Å². The summed E-state index contributed by atoms with van der Waals surface area (Å²) in [7, 11) is -3.51. The third-order valence-corrected chi connectivity index (χ3v) is 8.29. The third-order valence-electron chi connectivity index (χ3n) is 5.38. The Bertz CT molecular complexity index is 1500. The number of hydrogen-bond donors (Lipinski definition) is 2. The van der Waals surface area contributed by atoms with Crippen molar-refractivity contribution in [3.63, 3.8) is 0 Å². The van der Waals surface area contributed by atoms with Crippen LogP contribution in [0.4, 0.5) is 5.13 Å². The number of nitrogens with zero attached hydrogens (tertiary/aromatic N) is 2. The molecule has 0 atom stereocenters. The number of thiazole rings is 1. The number of aromatic nitrogens is 2. The lowest BCUT2D eigenvalue weighted by molar-refractivity contribution is -0.115. The lowest BCUT2D eigenvalue weighted by atomic mass is 10.0. The maximum absolute atomic E-state index is 12.5. The number of pyridine rings is 1. The molecule has 2 aromatic carbocycles. The van der Waals surface area contributed by atoms with E-state index < -0.39 is 26.9 Å². The number of carbonyl (C=O) groups excluding carboxylic acids is 2. The summed E-state index contributed by atoms with van der Waals surface area (Å²) in [5.74, 6) is -0.987. The van der Waals surface area contributed by atoms with Gasteiger partial charge in [-0.1, -0.05) is 24.3 Å². The number of hydrogen-bond acceptors (Lipinski definition) is 7. The van der Waals surface area contributed by atoms with Crippen molar-refractivity contribution in [2.75, 3.05) is 11.9 Å². The molecule has 0 radical (unpaired) electrons. The number of nitrogens with one attached hydrogen (secondary N) is 2. The second-order valence-electron chi connectivity index (χ2n) is 8.21. The molecule has 0 saturated heterocycles. The van der Waals surface area contributed by atoms with E-state index in [9.17, 15) is 18.0 Å². The predicted octanol–water partition coefficient (Wildman–Crippen LogP) is 4.42. The third kappa shape index (κ3) is 5.84. The Hall–Kier alpha value is -3.89. The number of amides is 2. The first-order valence-electron chi connectivity index (χ1n) is 11.1. The molecule has 2 aromatic heterocycles. The maximum atomic E-state index is 12.5. The molecule has 4 rings (SSSR count). The summed E-state index contributed by atoms with van der Waals surface area (Å²) in [6.07, 6.45) is 3.48. The molecule has 10 heteroatoms. The van der Waals surface area contributed by atoms with Crippen molar-refractivity contribution in [2.24, 2.45) is 0 Å². The summed E-state index contributed by atoms with van der Waals surface area (Å²) in [4.78, 5) is 33.5. The van der Waals surface area contributed by atoms with Gasteiger partial charge < -0.3 is 10.6 Å². The molecule has 2 amide bonds. The fraction of sp³-hybridized carbons (Fsp3) is 0.154. The molecule has 2 N–H and O–H groups in total. The van der Waals surface area contributed by atoms with Gasteiger partial charge in [-0.3, -0.25) is 14.6 Å². The monoisotopic (exact) mass is 520 g/mol. The average molecular weight is 521 g/mol. The zero-order chi connectivity index (χ0) is 25.7. The molecule has 184 valence electrons. The molecule has 4 aromatic rings. The normalized spacial score (nSPS) is 11.3. The largest absolute Gasteiger partial charge is 0.343 e. The molecular weight excluding hydrogens is 496 g/mol. The van der Waals surface area contributed by atoms with E-state index in [2.05, 4.69) is 20.6 Å². The van der Waals surface area contributed by atoms with Crippen LogP contribution >= 0.6 is 11.3 Å². The fourth-order valence-corrected chi connectivity index (χ4v) is 5.22. The van der Waals surface area contributed by atoms with Gasteiger partial charge >= 0.3 is 0 Å². The molecule has 0 bridgehead atoms. The molecule has 0 unspecified atom stereocenters. The van der Waals surface area contributed by atoms with Crippen molar-refractivity contribution < 1.29 is 18.0 Å². The van der Waals surface area contributed by atoms with Crippen molar-refractivity contribution in [1.29, 1.82) is 0 Å². The van der Waals surface area contributed by atoms with Gasteiger partial charge in [0.2, 0.25) is 5.91 Å². The van der Waals surface area contributed by atoms with E-state index in [0.29, 0.717) is 5.13 Å². The smallest absolute Gasteiger partial charge is 0.251 e. The Morgan fingerprint density at radius 3 is 2.42 bits per heavy atom. The van der Waals surface area contributed by atoms with Gasteiger partial charge in [0.15, 0.2) is 15.0 Å². The maximum Gasteiger partial charge on any atom is 0.251 e. The Morgan fingerprint density at radius 2 is 1.67 bits per heavy atom. The summed E-state index contributed by atoms with van der Waals surface area (Å²) in [6.45, 7) is 2.87. The van der Waals surface area contributed by atoms with Crippen LogP contribution in [0.1, 0.15) is 24.2 Å².